The summed E-state index contributed by atoms with van der Waals surface area (Å²) < 4.78 is 5.58. The first-order valence-electron chi connectivity index (χ1n) is 7.11. The number of amidine groups is 1. The maximum absolute atomic E-state index is 12.3. The number of halogens is 1. The highest BCUT2D eigenvalue weighted by atomic mass is 35.5. The van der Waals surface area contributed by atoms with Crippen molar-refractivity contribution in [2.24, 2.45) is 10.9 Å². The average Bonchev–Trinajstić information content (AvgIpc) is 2.37. The zero-order chi connectivity index (χ0) is 16.0. The van der Waals surface area contributed by atoms with Gasteiger partial charge in [0.1, 0.15) is 0 Å². The monoisotopic (exact) mass is 310 g/mol. The van der Waals surface area contributed by atoms with Crippen molar-refractivity contribution in [1.82, 2.24) is 5.32 Å². The lowest BCUT2D eigenvalue weighted by molar-refractivity contribution is 0.0959. The number of hydrogen-bond donors (Lipinski definition) is 1. The molecule has 1 rings (SSSR count). The molecule has 0 saturated heterocycles. The minimum atomic E-state index is -0.323. The van der Waals surface area contributed by atoms with Crippen LogP contribution in [0.15, 0.2) is 29.3 Å². The first kappa shape index (κ1) is 17.5. The Bertz CT molecular complexity index is 513. The zero-order valence-corrected chi connectivity index (χ0v) is 13.9. The fraction of sp³-hybridized carbons (Fsp3) is 0.500. The number of amides is 1. The van der Waals surface area contributed by atoms with E-state index in [1.807, 2.05) is 20.8 Å². The van der Waals surface area contributed by atoms with Gasteiger partial charge in [-0.3, -0.25) is 10.1 Å². The molecule has 116 valence electrons. The second kappa shape index (κ2) is 8.03. The molecular formula is C16H23ClN2O2. The summed E-state index contributed by atoms with van der Waals surface area (Å²) in [4.78, 5) is 16.7. The molecule has 0 aliphatic carbocycles. The molecule has 0 fully saturated rings. The Hall–Kier alpha value is -1.55. The Labute approximate surface area is 131 Å². The third kappa shape index (κ3) is 5.76. The standard InChI is InChI=1S/C16H23ClN2O2/c1-10(2)12(5)18-16(21-11(3)4)19-15(20)13-8-6-7-9-14(13)17/h6-12H,1-5H3,(H,18,19,20). The molecule has 1 atom stereocenters. The molecule has 4 nitrogen and oxygen atoms in total. The molecule has 0 aliphatic rings. The Morgan fingerprint density at radius 2 is 1.81 bits per heavy atom. The van der Waals surface area contributed by atoms with Gasteiger partial charge in [0.2, 0.25) is 0 Å². The zero-order valence-electron chi connectivity index (χ0n) is 13.2. The number of carbonyl (C=O) groups is 1. The second-order valence-electron chi connectivity index (χ2n) is 5.52. The van der Waals surface area contributed by atoms with Gasteiger partial charge < -0.3 is 4.74 Å². The molecule has 1 aromatic carbocycles. The summed E-state index contributed by atoms with van der Waals surface area (Å²) in [7, 11) is 0. The maximum atomic E-state index is 12.3. The van der Waals surface area contributed by atoms with Crippen LogP contribution in [-0.2, 0) is 4.74 Å². The molecule has 1 N–H and O–H groups in total. The lowest BCUT2D eigenvalue weighted by Gasteiger charge is -2.17. The van der Waals surface area contributed by atoms with Crippen LogP contribution in [0.1, 0.15) is 45.0 Å². The van der Waals surface area contributed by atoms with Crippen LogP contribution in [0, 0.1) is 5.92 Å². The lowest BCUT2D eigenvalue weighted by atomic mass is 10.1. The molecule has 0 saturated carbocycles. The van der Waals surface area contributed by atoms with Gasteiger partial charge in [-0.25, -0.2) is 4.99 Å². The number of ether oxygens (including phenoxy) is 1. The molecule has 1 aromatic rings. The van der Waals surface area contributed by atoms with Gasteiger partial charge in [-0.2, -0.15) is 0 Å². The van der Waals surface area contributed by atoms with E-state index in [0.29, 0.717) is 16.5 Å². The van der Waals surface area contributed by atoms with Gasteiger partial charge in [-0.1, -0.05) is 37.6 Å². The number of nitrogens with one attached hydrogen (secondary N) is 1. The van der Waals surface area contributed by atoms with Crippen LogP contribution in [0.4, 0.5) is 0 Å². The van der Waals surface area contributed by atoms with Crippen molar-refractivity contribution < 1.29 is 9.53 Å². The largest absolute Gasteiger partial charge is 0.462 e. The third-order valence-corrected chi connectivity index (χ3v) is 3.30. The SMILES string of the molecule is CC(C)OC(=NC(C)C(C)C)NC(=O)c1ccccc1Cl. The summed E-state index contributed by atoms with van der Waals surface area (Å²) in [5, 5.41) is 3.09. The number of rotatable bonds is 4. The van der Waals surface area contributed by atoms with Crippen LogP contribution in [0.2, 0.25) is 5.02 Å². The van der Waals surface area contributed by atoms with Crippen molar-refractivity contribution in [3.05, 3.63) is 34.9 Å². The van der Waals surface area contributed by atoms with E-state index in [4.69, 9.17) is 16.3 Å². The smallest absolute Gasteiger partial charge is 0.292 e. The van der Waals surface area contributed by atoms with Crippen molar-refractivity contribution in [3.63, 3.8) is 0 Å². The van der Waals surface area contributed by atoms with Gasteiger partial charge in [-0.15, -0.1) is 0 Å². The fourth-order valence-electron chi connectivity index (χ4n) is 1.46. The molecule has 0 spiro atoms. The van der Waals surface area contributed by atoms with E-state index in [1.54, 1.807) is 24.3 Å². The summed E-state index contributed by atoms with van der Waals surface area (Å²) in [6.07, 6.45) is -0.0744. The summed E-state index contributed by atoms with van der Waals surface area (Å²) in [5.74, 6) is 0.0314. The van der Waals surface area contributed by atoms with E-state index in [9.17, 15) is 4.79 Å². The summed E-state index contributed by atoms with van der Waals surface area (Å²) in [6.45, 7) is 9.89. The Morgan fingerprint density at radius 1 is 1.19 bits per heavy atom. The number of benzene rings is 1. The van der Waals surface area contributed by atoms with E-state index >= 15 is 0 Å². The van der Waals surface area contributed by atoms with Crippen molar-refractivity contribution in [2.45, 2.75) is 46.8 Å². The highest BCUT2D eigenvalue weighted by molar-refractivity contribution is 6.34. The Kier molecular flexibility index (Phi) is 6.69. The first-order valence-corrected chi connectivity index (χ1v) is 7.49. The van der Waals surface area contributed by atoms with Crippen LogP contribution in [-0.4, -0.2) is 24.1 Å². The van der Waals surface area contributed by atoms with Crippen LogP contribution in [0.25, 0.3) is 0 Å². The van der Waals surface area contributed by atoms with Crippen LogP contribution in [0.3, 0.4) is 0 Å². The number of nitrogens with zero attached hydrogens (tertiary/aromatic N) is 1. The second-order valence-corrected chi connectivity index (χ2v) is 5.93. The van der Waals surface area contributed by atoms with E-state index in [2.05, 4.69) is 24.2 Å². The van der Waals surface area contributed by atoms with Crippen LogP contribution in [0.5, 0.6) is 0 Å². The minimum Gasteiger partial charge on any atom is -0.462 e. The fourth-order valence-corrected chi connectivity index (χ4v) is 1.68. The first-order chi connectivity index (χ1) is 9.81. The summed E-state index contributed by atoms with van der Waals surface area (Å²) in [6, 6.07) is 7.16. The van der Waals surface area contributed by atoms with E-state index in [-0.39, 0.29) is 24.1 Å². The van der Waals surface area contributed by atoms with Gasteiger partial charge in [-0.05, 0) is 38.8 Å². The number of carbonyl (C=O) groups excluding carboxylic acids is 1. The molecule has 1 amide bonds. The summed E-state index contributed by atoms with van der Waals surface area (Å²) >= 11 is 6.02. The topological polar surface area (TPSA) is 50.7 Å². The molecule has 1 unspecified atom stereocenters. The minimum absolute atomic E-state index is 0.0466. The highest BCUT2D eigenvalue weighted by Crippen LogP contribution is 2.14. The van der Waals surface area contributed by atoms with Crippen LogP contribution < -0.4 is 5.32 Å². The van der Waals surface area contributed by atoms with Gasteiger partial charge in [0, 0.05) is 0 Å². The van der Waals surface area contributed by atoms with E-state index in [1.165, 1.54) is 0 Å². The highest BCUT2D eigenvalue weighted by Gasteiger charge is 2.15. The average molecular weight is 311 g/mol. The normalized spacial score (nSPS) is 13.4. The third-order valence-electron chi connectivity index (χ3n) is 2.97. The molecular weight excluding hydrogens is 288 g/mol. The molecule has 0 aromatic heterocycles. The van der Waals surface area contributed by atoms with E-state index in [0.717, 1.165) is 0 Å². The molecule has 0 heterocycles. The summed E-state index contributed by atoms with van der Waals surface area (Å²) in [5.41, 5.74) is 0.399. The quantitative estimate of drug-likeness (QED) is 0.677. The van der Waals surface area contributed by atoms with Crippen LogP contribution >= 0.6 is 11.6 Å². The van der Waals surface area contributed by atoms with Crippen molar-refractivity contribution in [2.75, 3.05) is 0 Å². The molecule has 0 radical (unpaired) electrons. The van der Waals surface area contributed by atoms with E-state index < -0.39 is 0 Å². The van der Waals surface area contributed by atoms with Gasteiger partial charge in [0.15, 0.2) is 0 Å². The van der Waals surface area contributed by atoms with Gasteiger partial charge >= 0.3 is 0 Å². The molecule has 5 heteroatoms. The Balaban J connectivity index is 2.91. The molecule has 0 bridgehead atoms. The van der Waals surface area contributed by atoms with Crippen molar-refractivity contribution in [1.29, 1.82) is 0 Å². The Morgan fingerprint density at radius 3 is 2.33 bits per heavy atom. The number of aliphatic imine (C=N–C) groups is 1. The van der Waals surface area contributed by atoms with Gasteiger partial charge in [0.25, 0.3) is 11.9 Å². The van der Waals surface area contributed by atoms with Crippen molar-refractivity contribution >= 4 is 23.5 Å². The molecule has 0 aliphatic heterocycles. The van der Waals surface area contributed by atoms with Crippen molar-refractivity contribution in [3.8, 4) is 0 Å². The predicted molar refractivity (Wildman–Crippen MR) is 86.9 cm³/mol. The predicted octanol–water partition coefficient (Wildman–Crippen LogP) is 3.90. The maximum Gasteiger partial charge on any atom is 0.292 e. The van der Waals surface area contributed by atoms with Gasteiger partial charge in [0.05, 0.1) is 22.7 Å². The number of hydrogen-bond acceptors (Lipinski definition) is 3. The molecule has 21 heavy (non-hydrogen) atoms. The lowest BCUT2D eigenvalue weighted by Crippen LogP contribution is -2.35.